The molecular formula is C30H32Cl2N4O4. The molecular weight excluding hydrogens is 551 g/mol. The van der Waals surface area contributed by atoms with Crippen molar-refractivity contribution in [2.75, 3.05) is 44.1 Å². The summed E-state index contributed by atoms with van der Waals surface area (Å²) in [6, 6.07) is 16.5. The van der Waals surface area contributed by atoms with Gasteiger partial charge in [-0.3, -0.25) is 4.79 Å². The van der Waals surface area contributed by atoms with Crippen LogP contribution in [0, 0.1) is 0 Å². The Morgan fingerprint density at radius 1 is 1.07 bits per heavy atom. The number of methoxy groups -OCH3 is 2. The number of aryl methyl sites for hydroxylation is 1. The number of nitrogens with one attached hydrogen (secondary N) is 2. The van der Waals surface area contributed by atoms with Crippen LogP contribution >= 0.6 is 23.2 Å². The van der Waals surface area contributed by atoms with Gasteiger partial charge in [-0.15, -0.1) is 0 Å². The highest BCUT2D eigenvalue weighted by Crippen LogP contribution is 2.33. The van der Waals surface area contributed by atoms with Gasteiger partial charge in [0.2, 0.25) is 0 Å². The topological polar surface area (TPSA) is 92.8 Å². The largest absolute Gasteiger partial charge is 0.467 e. The highest BCUT2D eigenvalue weighted by molar-refractivity contribution is 6.39. The fourth-order valence-corrected chi connectivity index (χ4v) is 5.78. The molecule has 40 heavy (non-hydrogen) atoms. The maximum absolute atomic E-state index is 12.9. The van der Waals surface area contributed by atoms with E-state index in [9.17, 15) is 9.59 Å². The van der Waals surface area contributed by atoms with E-state index in [4.69, 9.17) is 37.7 Å². The van der Waals surface area contributed by atoms with E-state index in [1.54, 1.807) is 25.3 Å². The van der Waals surface area contributed by atoms with Gasteiger partial charge in [-0.1, -0.05) is 47.5 Å². The molecule has 0 bridgehead atoms. The second-order valence-corrected chi connectivity index (χ2v) is 11.0. The van der Waals surface area contributed by atoms with Crippen LogP contribution in [0.5, 0.6) is 0 Å². The number of carbonyl (C=O) groups excluding carboxylic acids is 2. The number of hydrogen-bond donors (Lipinski definition) is 2. The number of carbonyl (C=O) groups is 2. The molecule has 5 rings (SSSR count). The summed E-state index contributed by atoms with van der Waals surface area (Å²) in [5.41, 5.74) is 4.47. The summed E-state index contributed by atoms with van der Waals surface area (Å²) in [6.07, 6.45) is 2.33. The Hall–Kier alpha value is -3.33. The second-order valence-electron chi connectivity index (χ2n) is 10.2. The number of rotatable bonds is 9. The quantitative estimate of drug-likeness (QED) is 0.347. The van der Waals surface area contributed by atoms with Crippen molar-refractivity contribution in [3.63, 3.8) is 0 Å². The molecule has 10 heteroatoms. The lowest BCUT2D eigenvalue weighted by atomic mass is 9.93. The smallest absolute Gasteiger partial charge is 0.328 e. The van der Waals surface area contributed by atoms with Crippen molar-refractivity contribution in [3.8, 4) is 0 Å². The Morgan fingerprint density at radius 3 is 2.48 bits per heavy atom. The molecule has 2 atom stereocenters. The minimum atomic E-state index is -0.892. The molecule has 3 aromatic rings. The zero-order valence-electron chi connectivity index (χ0n) is 22.5. The normalized spacial score (nSPS) is 17.3. The molecule has 1 saturated heterocycles. The number of aromatic nitrogens is 1. The Balaban J connectivity index is 1.19. The van der Waals surface area contributed by atoms with Crippen molar-refractivity contribution < 1.29 is 19.1 Å². The number of esters is 1. The first-order valence-electron chi connectivity index (χ1n) is 13.3. The van der Waals surface area contributed by atoms with Crippen molar-refractivity contribution in [1.82, 2.24) is 10.3 Å². The third-order valence-electron chi connectivity index (χ3n) is 7.49. The predicted octanol–water partition coefficient (Wildman–Crippen LogP) is 4.88. The van der Waals surface area contributed by atoms with Crippen LogP contribution in [0.2, 0.25) is 10.0 Å². The van der Waals surface area contributed by atoms with Gasteiger partial charge < -0.3 is 25.0 Å². The van der Waals surface area contributed by atoms with Gasteiger partial charge in [0, 0.05) is 43.9 Å². The molecule has 3 heterocycles. The fraction of sp³-hybridized carbons (Fsp3) is 0.367. The third-order valence-corrected chi connectivity index (χ3v) is 8.12. The van der Waals surface area contributed by atoms with Crippen LogP contribution in [0.3, 0.4) is 0 Å². The fourth-order valence-electron chi connectivity index (χ4n) is 5.21. The maximum atomic E-state index is 12.9. The lowest BCUT2D eigenvalue weighted by molar-refractivity contribution is -0.142. The molecule has 0 saturated carbocycles. The summed E-state index contributed by atoms with van der Waals surface area (Å²) in [5, 5.41) is 6.66. The maximum Gasteiger partial charge on any atom is 0.328 e. The molecule has 0 spiro atoms. The number of halogens is 2. The van der Waals surface area contributed by atoms with Gasteiger partial charge in [0.05, 0.1) is 35.4 Å². The number of benzene rings is 2. The van der Waals surface area contributed by atoms with E-state index in [0.717, 1.165) is 48.7 Å². The standard InChI is InChI=1S/C30H32Cl2N4O4/c1-39-17-21-10-8-19-9-13-25(34-28(19)33-21)20-15-36(16-20)22-11-6-18(7-12-22)14-26(30(38)40-2)35-29(37)27-23(31)4-3-5-24(27)32/h3-7,9,11-13,20-21,26H,8,10,14-17H2,1-2H3,(H,33,34)(H,35,37)/t21?,26-/m0/s1. The zero-order chi connectivity index (χ0) is 28.2. The number of anilines is 2. The van der Waals surface area contributed by atoms with Gasteiger partial charge in [-0.05, 0) is 54.3 Å². The SMILES string of the molecule is COCC1CCc2ccc(C3CN(c4ccc(C[C@H](NC(=O)c5c(Cl)cccc5Cl)C(=O)OC)cc4)C3)nc2N1. The highest BCUT2D eigenvalue weighted by Gasteiger charge is 2.31. The van der Waals surface area contributed by atoms with Crippen molar-refractivity contribution in [1.29, 1.82) is 0 Å². The van der Waals surface area contributed by atoms with Crippen molar-refractivity contribution >= 4 is 46.6 Å². The Bertz CT molecular complexity index is 1360. The van der Waals surface area contributed by atoms with E-state index < -0.39 is 17.9 Å². The molecule has 2 N–H and O–H groups in total. The van der Waals surface area contributed by atoms with Crippen molar-refractivity contribution in [2.45, 2.75) is 37.3 Å². The molecule has 1 fully saturated rings. The predicted molar refractivity (Wildman–Crippen MR) is 157 cm³/mol. The van der Waals surface area contributed by atoms with Crippen LogP contribution in [0.25, 0.3) is 0 Å². The summed E-state index contributed by atoms with van der Waals surface area (Å²) in [6.45, 7) is 2.44. The molecule has 1 aromatic heterocycles. The van der Waals surface area contributed by atoms with E-state index in [0.29, 0.717) is 18.6 Å². The van der Waals surface area contributed by atoms with E-state index in [1.807, 2.05) is 24.3 Å². The van der Waals surface area contributed by atoms with Gasteiger partial charge in [0.1, 0.15) is 11.9 Å². The summed E-state index contributed by atoms with van der Waals surface area (Å²) in [5.74, 6) is 0.268. The van der Waals surface area contributed by atoms with Crippen LogP contribution in [0.15, 0.2) is 54.6 Å². The lowest BCUT2D eigenvalue weighted by Crippen LogP contribution is -2.45. The lowest BCUT2D eigenvalue weighted by Gasteiger charge is -2.41. The van der Waals surface area contributed by atoms with Crippen LogP contribution < -0.4 is 15.5 Å². The molecule has 2 aromatic carbocycles. The molecule has 0 radical (unpaired) electrons. The number of hydrogen-bond acceptors (Lipinski definition) is 7. The van der Waals surface area contributed by atoms with E-state index in [2.05, 4.69) is 27.7 Å². The molecule has 210 valence electrons. The Kier molecular flexibility index (Phi) is 8.78. The van der Waals surface area contributed by atoms with Crippen LogP contribution in [0.1, 0.15) is 39.5 Å². The molecule has 2 aliphatic rings. The first-order chi connectivity index (χ1) is 19.4. The average Bonchev–Trinajstić information content (AvgIpc) is 2.92. The number of pyridine rings is 1. The summed E-state index contributed by atoms with van der Waals surface area (Å²) < 4.78 is 10.2. The summed E-state index contributed by atoms with van der Waals surface area (Å²) in [4.78, 5) is 32.6. The van der Waals surface area contributed by atoms with Crippen molar-refractivity contribution in [3.05, 3.63) is 87.0 Å². The van der Waals surface area contributed by atoms with Crippen LogP contribution in [0.4, 0.5) is 11.5 Å². The van der Waals surface area contributed by atoms with Crippen LogP contribution in [-0.4, -0.2) is 62.9 Å². The van der Waals surface area contributed by atoms with Crippen molar-refractivity contribution in [2.24, 2.45) is 0 Å². The number of nitrogens with zero attached hydrogens (tertiary/aromatic N) is 2. The average molecular weight is 584 g/mol. The third kappa shape index (κ3) is 6.19. The summed E-state index contributed by atoms with van der Waals surface area (Å²) in [7, 11) is 3.02. The minimum absolute atomic E-state index is 0.126. The number of amides is 1. The monoisotopic (exact) mass is 582 g/mol. The first-order valence-corrected chi connectivity index (χ1v) is 14.0. The summed E-state index contributed by atoms with van der Waals surface area (Å²) >= 11 is 12.3. The van der Waals surface area contributed by atoms with Gasteiger partial charge in [0.25, 0.3) is 5.91 Å². The molecule has 1 unspecified atom stereocenters. The molecule has 2 aliphatic heterocycles. The van der Waals surface area contributed by atoms with E-state index in [-0.39, 0.29) is 22.0 Å². The number of fused-ring (bicyclic) bond motifs is 1. The van der Waals surface area contributed by atoms with Gasteiger partial charge >= 0.3 is 5.97 Å². The Morgan fingerprint density at radius 2 is 1.80 bits per heavy atom. The number of ether oxygens (including phenoxy) is 2. The molecule has 1 amide bonds. The zero-order valence-corrected chi connectivity index (χ0v) is 24.0. The van der Waals surface area contributed by atoms with E-state index >= 15 is 0 Å². The van der Waals surface area contributed by atoms with Gasteiger partial charge in [0.15, 0.2) is 0 Å². The first kappa shape index (κ1) is 28.2. The minimum Gasteiger partial charge on any atom is -0.467 e. The Labute approximate surface area is 244 Å². The van der Waals surface area contributed by atoms with Crippen LogP contribution in [-0.2, 0) is 27.1 Å². The highest BCUT2D eigenvalue weighted by atomic mass is 35.5. The van der Waals surface area contributed by atoms with Gasteiger partial charge in [-0.25, -0.2) is 9.78 Å². The molecule has 0 aliphatic carbocycles. The second kappa shape index (κ2) is 12.5. The van der Waals surface area contributed by atoms with Gasteiger partial charge in [-0.2, -0.15) is 0 Å². The molecule has 8 nitrogen and oxygen atoms in total. The van der Waals surface area contributed by atoms with E-state index in [1.165, 1.54) is 12.7 Å².